The van der Waals surface area contributed by atoms with Gasteiger partial charge >= 0.3 is 0 Å². The summed E-state index contributed by atoms with van der Waals surface area (Å²) in [7, 11) is -7.70. The molecule has 178 valence electrons. The van der Waals surface area contributed by atoms with Gasteiger partial charge in [-0.05, 0) is 42.7 Å². The quantitative estimate of drug-likeness (QED) is 0.642. The Hall–Kier alpha value is -2.31. The topological polar surface area (TPSA) is 121 Å². The van der Waals surface area contributed by atoms with E-state index in [4.69, 9.17) is 5.14 Å². The first-order valence-electron chi connectivity index (χ1n) is 10.9. The van der Waals surface area contributed by atoms with Gasteiger partial charge in [0.2, 0.25) is 26.0 Å². The normalized spacial score (nSPS) is 19.5. The van der Waals surface area contributed by atoms with Crippen LogP contribution >= 0.6 is 0 Å². The Labute approximate surface area is 194 Å². The number of sulfonamides is 2. The van der Waals surface area contributed by atoms with Crippen molar-refractivity contribution in [1.82, 2.24) is 14.1 Å². The van der Waals surface area contributed by atoms with Gasteiger partial charge in [0.05, 0.1) is 9.79 Å². The van der Waals surface area contributed by atoms with E-state index in [-0.39, 0.29) is 28.8 Å². The molecule has 2 fully saturated rings. The summed E-state index contributed by atoms with van der Waals surface area (Å²) < 4.78 is 50.4. The fraction of sp³-hybridized carbons (Fsp3) is 0.409. The lowest BCUT2D eigenvalue weighted by molar-refractivity contribution is -0.136. The number of amides is 1. The van der Waals surface area contributed by atoms with Crippen molar-refractivity contribution in [3.63, 3.8) is 0 Å². The van der Waals surface area contributed by atoms with Crippen LogP contribution in [0.5, 0.6) is 0 Å². The van der Waals surface area contributed by atoms with E-state index < -0.39 is 26.1 Å². The average Bonchev–Trinajstić information content (AvgIpc) is 3.35. The molecule has 2 aromatic carbocycles. The predicted octanol–water partition coefficient (Wildman–Crippen LogP) is 1.00. The summed E-state index contributed by atoms with van der Waals surface area (Å²) in [6.07, 6.45) is 2.01. The number of piperazine rings is 1. The van der Waals surface area contributed by atoms with Crippen LogP contribution in [-0.2, 0) is 24.8 Å². The van der Waals surface area contributed by atoms with Gasteiger partial charge in [-0.3, -0.25) is 9.69 Å². The summed E-state index contributed by atoms with van der Waals surface area (Å²) in [5.41, 5.74) is 0.907. The zero-order chi connectivity index (χ0) is 23.6. The standard InChI is InChI=1S/C22H28N4O5S2/c23-32(28,29)19-8-10-20(11-9-19)33(30,31)26-16-14-24(15-17-26)21(18-6-2-1-3-7-18)22(27)25-12-4-5-13-25/h1-3,6-11,21H,4-5,12-17H2,(H2,23,28,29)/t21-/m1/s1. The number of benzene rings is 2. The molecule has 2 aromatic rings. The minimum Gasteiger partial charge on any atom is -0.341 e. The van der Waals surface area contributed by atoms with E-state index in [1.165, 1.54) is 28.6 Å². The van der Waals surface area contributed by atoms with Gasteiger partial charge in [-0.25, -0.2) is 22.0 Å². The Morgan fingerprint density at radius 3 is 1.85 bits per heavy atom. The molecule has 2 aliphatic heterocycles. The molecule has 0 spiro atoms. The van der Waals surface area contributed by atoms with Crippen LogP contribution in [0, 0.1) is 0 Å². The second kappa shape index (κ2) is 9.51. The van der Waals surface area contributed by atoms with E-state index in [1.54, 1.807) is 0 Å². The van der Waals surface area contributed by atoms with Gasteiger partial charge < -0.3 is 4.90 Å². The van der Waals surface area contributed by atoms with E-state index in [9.17, 15) is 21.6 Å². The van der Waals surface area contributed by atoms with Crippen molar-refractivity contribution in [3.8, 4) is 0 Å². The number of nitrogens with zero attached hydrogens (tertiary/aromatic N) is 3. The molecule has 2 saturated heterocycles. The number of rotatable bonds is 6. The number of carbonyl (C=O) groups excluding carboxylic acids is 1. The molecule has 0 saturated carbocycles. The molecule has 2 aliphatic rings. The highest BCUT2D eigenvalue weighted by Gasteiger charge is 2.36. The monoisotopic (exact) mass is 492 g/mol. The highest BCUT2D eigenvalue weighted by atomic mass is 32.2. The fourth-order valence-corrected chi connectivity index (χ4v) is 6.35. The zero-order valence-corrected chi connectivity index (χ0v) is 19.8. The molecule has 0 unspecified atom stereocenters. The Kier molecular flexibility index (Phi) is 6.87. The van der Waals surface area contributed by atoms with Crippen LogP contribution in [0.15, 0.2) is 64.4 Å². The van der Waals surface area contributed by atoms with E-state index in [0.29, 0.717) is 13.1 Å². The smallest absolute Gasteiger partial charge is 0.244 e. The van der Waals surface area contributed by atoms with Crippen molar-refractivity contribution >= 4 is 26.0 Å². The van der Waals surface area contributed by atoms with Gasteiger partial charge in [-0.15, -0.1) is 0 Å². The maximum atomic E-state index is 13.4. The third kappa shape index (κ3) is 5.12. The molecule has 0 aliphatic carbocycles. The molecule has 4 rings (SSSR count). The third-order valence-corrected chi connectivity index (χ3v) is 9.04. The van der Waals surface area contributed by atoms with Crippen LogP contribution in [-0.4, -0.2) is 76.1 Å². The van der Waals surface area contributed by atoms with Gasteiger partial charge in [0.25, 0.3) is 0 Å². The van der Waals surface area contributed by atoms with E-state index in [1.807, 2.05) is 40.1 Å². The molecule has 1 atom stereocenters. The van der Waals surface area contributed by atoms with Crippen molar-refractivity contribution in [2.75, 3.05) is 39.3 Å². The maximum absolute atomic E-state index is 13.4. The summed E-state index contributed by atoms with van der Waals surface area (Å²) >= 11 is 0. The molecule has 11 heteroatoms. The Morgan fingerprint density at radius 1 is 0.758 bits per heavy atom. The highest BCUT2D eigenvalue weighted by molar-refractivity contribution is 7.89. The van der Waals surface area contributed by atoms with Crippen molar-refractivity contribution in [2.24, 2.45) is 5.14 Å². The molecule has 0 bridgehead atoms. The van der Waals surface area contributed by atoms with Gasteiger partial charge in [0.1, 0.15) is 6.04 Å². The van der Waals surface area contributed by atoms with Gasteiger partial charge in [0, 0.05) is 39.3 Å². The van der Waals surface area contributed by atoms with Gasteiger partial charge in [0.15, 0.2) is 0 Å². The van der Waals surface area contributed by atoms with Crippen LogP contribution in [0.2, 0.25) is 0 Å². The maximum Gasteiger partial charge on any atom is 0.244 e. The molecule has 0 radical (unpaired) electrons. The Bertz CT molecular complexity index is 1190. The van der Waals surface area contributed by atoms with Crippen LogP contribution in [0.1, 0.15) is 24.4 Å². The molecule has 2 N–H and O–H groups in total. The number of nitrogens with two attached hydrogens (primary N) is 1. The van der Waals surface area contributed by atoms with E-state index in [2.05, 4.69) is 0 Å². The Balaban J connectivity index is 1.50. The summed E-state index contributed by atoms with van der Waals surface area (Å²) in [6, 6.07) is 14.1. The molecular formula is C22H28N4O5S2. The molecule has 0 aromatic heterocycles. The number of likely N-dealkylation sites (tertiary alicyclic amines) is 1. The first-order valence-corrected chi connectivity index (χ1v) is 13.9. The molecule has 2 heterocycles. The number of hydrogen-bond donors (Lipinski definition) is 1. The van der Waals surface area contributed by atoms with Crippen molar-refractivity contribution in [2.45, 2.75) is 28.7 Å². The molecular weight excluding hydrogens is 464 g/mol. The lowest BCUT2D eigenvalue weighted by atomic mass is 10.0. The lowest BCUT2D eigenvalue weighted by Crippen LogP contribution is -2.52. The summed E-state index contributed by atoms with van der Waals surface area (Å²) in [5, 5.41) is 5.10. The second-order valence-corrected chi connectivity index (χ2v) is 11.8. The SMILES string of the molecule is NS(=O)(=O)c1ccc(S(=O)(=O)N2CCN([C@@H](C(=O)N3CCCC3)c3ccccc3)CC2)cc1. The molecule has 9 nitrogen and oxygen atoms in total. The van der Waals surface area contributed by atoms with Crippen LogP contribution in [0.25, 0.3) is 0 Å². The largest absolute Gasteiger partial charge is 0.341 e. The predicted molar refractivity (Wildman–Crippen MR) is 123 cm³/mol. The first kappa shape index (κ1) is 23.8. The number of hydrogen-bond acceptors (Lipinski definition) is 6. The summed E-state index contributed by atoms with van der Waals surface area (Å²) in [6.45, 7) is 2.79. The number of carbonyl (C=O) groups is 1. The number of primary sulfonamides is 1. The zero-order valence-electron chi connectivity index (χ0n) is 18.2. The second-order valence-electron chi connectivity index (χ2n) is 8.30. The van der Waals surface area contributed by atoms with Crippen molar-refractivity contribution in [3.05, 3.63) is 60.2 Å². The van der Waals surface area contributed by atoms with Crippen molar-refractivity contribution in [1.29, 1.82) is 0 Å². The van der Waals surface area contributed by atoms with Gasteiger partial charge in [-0.2, -0.15) is 4.31 Å². The minimum atomic E-state index is -3.90. The summed E-state index contributed by atoms with van der Waals surface area (Å²) in [4.78, 5) is 17.2. The Morgan fingerprint density at radius 2 is 1.30 bits per heavy atom. The summed E-state index contributed by atoms with van der Waals surface area (Å²) in [5.74, 6) is 0.0635. The van der Waals surface area contributed by atoms with Crippen LogP contribution in [0.4, 0.5) is 0 Å². The van der Waals surface area contributed by atoms with Crippen LogP contribution < -0.4 is 5.14 Å². The van der Waals surface area contributed by atoms with E-state index >= 15 is 0 Å². The first-order chi connectivity index (χ1) is 15.7. The average molecular weight is 493 g/mol. The van der Waals surface area contributed by atoms with Crippen molar-refractivity contribution < 1.29 is 21.6 Å². The van der Waals surface area contributed by atoms with E-state index in [0.717, 1.165) is 31.5 Å². The lowest BCUT2D eigenvalue weighted by Gasteiger charge is -2.39. The third-order valence-electron chi connectivity index (χ3n) is 6.20. The highest BCUT2D eigenvalue weighted by Crippen LogP contribution is 2.28. The fourth-order valence-electron chi connectivity index (χ4n) is 4.41. The van der Waals surface area contributed by atoms with Crippen LogP contribution in [0.3, 0.4) is 0 Å². The molecule has 1 amide bonds. The molecule has 33 heavy (non-hydrogen) atoms. The minimum absolute atomic E-state index is 0.0103. The van der Waals surface area contributed by atoms with Gasteiger partial charge in [-0.1, -0.05) is 30.3 Å².